The molecule has 3 atom stereocenters. The Labute approximate surface area is 150 Å². The Morgan fingerprint density at radius 2 is 1.76 bits per heavy atom. The molecule has 2 aromatic carbocycles. The molecule has 0 aromatic heterocycles. The molecule has 25 heavy (non-hydrogen) atoms. The van der Waals surface area contributed by atoms with Gasteiger partial charge in [-0.25, -0.2) is 12.6 Å². The lowest BCUT2D eigenvalue weighted by atomic mass is 10.1. The summed E-state index contributed by atoms with van der Waals surface area (Å²) in [6.45, 7) is 5.47. The molecule has 5 nitrogen and oxygen atoms in total. The van der Waals surface area contributed by atoms with Crippen molar-refractivity contribution in [3.05, 3.63) is 64.2 Å². The van der Waals surface area contributed by atoms with E-state index in [1.54, 1.807) is 13.8 Å². The lowest BCUT2D eigenvalue weighted by Gasteiger charge is -2.22. The molecule has 1 aliphatic heterocycles. The highest BCUT2D eigenvalue weighted by Crippen LogP contribution is 2.46. The second kappa shape index (κ2) is 5.74. The first kappa shape index (κ1) is 16.9. The van der Waals surface area contributed by atoms with Crippen LogP contribution in [0.5, 0.6) is 0 Å². The average Bonchev–Trinajstić information content (AvgIpc) is 2.99. The number of benzene rings is 2. The lowest BCUT2D eigenvalue weighted by Crippen LogP contribution is -2.33. The van der Waals surface area contributed by atoms with Crippen molar-refractivity contribution >= 4 is 21.3 Å². The molecular weight excluding hydrogens is 358 g/mol. The summed E-state index contributed by atoms with van der Waals surface area (Å²) in [7, 11) is -3.95. The van der Waals surface area contributed by atoms with Gasteiger partial charge in [-0.15, -0.1) is 0 Å². The molecule has 4 rings (SSSR count). The van der Waals surface area contributed by atoms with E-state index in [1.165, 1.54) is 0 Å². The molecule has 0 bridgehead atoms. The zero-order chi connectivity index (χ0) is 17.9. The van der Waals surface area contributed by atoms with E-state index in [9.17, 15) is 12.6 Å². The van der Waals surface area contributed by atoms with Crippen LogP contribution in [0.25, 0.3) is 0 Å². The van der Waals surface area contributed by atoms with Gasteiger partial charge in [0.15, 0.2) is 0 Å². The maximum Gasteiger partial charge on any atom is 0.257 e. The van der Waals surface area contributed by atoms with Crippen LogP contribution in [0.1, 0.15) is 33.9 Å². The van der Waals surface area contributed by atoms with Gasteiger partial charge in [-0.2, -0.15) is 0 Å². The minimum Gasteiger partial charge on any atom is -0.272 e. The predicted molar refractivity (Wildman–Crippen MR) is 95.6 cm³/mol. The van der Waals surface area contributed by atoms with Crippen LogP contribution in [0.4, 0.5) is 0 Å². The summed E-state index contributed by atoms with van der Waals surface area (Å²) >= 11 is -2.02. The highest BCUT2D eigenvalue weighted by Gasteiger charge is 2.53. The first-order valence-corrected chi connectivity index (χ1v) is 10.6. The van der Waals surface area contributed by atoms with Crippen LogP contribution in [-0.2, 0) is 31.9 Å². The largest absolute Gasteiger partial charge is 0.272 e. The highest BCUT2D eigenvalue weighted by atomic mass is 32.3. The molecule has 1 saturated heterocycles. The Balaban J connectivity index is 1.88. The zero-order valence-corrected chi connectivity index (χ0v) is 15.9. The van der Waals surface area contributed by atoms with Crippen LogP contribution in [0.15, 0.2) is 41.3 Å². The van der Waals surface area contributed by atoms with Gasteiger partial charge in [-0.1, -0.05) is 45.7 Å². The predicted octanol–water partition coefficient (Wildman–Crippen LogP) is 2.88. The smallest absolute Gasteiger partial charge is 0.257 e. The maximum atomic E-state index is 13.4. The topological polar surface area (TPSA) is 63.7 Å². The molecule has 3 unspecified atom stereocenters. The fourth-order valence-electron chi connectivity index (χ4n) is 4.01. The SMILES string of the molecule is Cc1cc(C)c(S(=O)(=O)N2C3c4ccccc4CC3OS2=O)c(C)c1. The van der Waals surface area contributed by atoms with Crippen molar-refractivity contribution in [2.24, 2.45) is 0 Å². The van der Waals surface area contributed by atoms with Gasteiger partial charge in [0.05, 0.1) is 10.9 Å². The third kappa shape index (κ3) is 2.49. The summed E-state index contributed by atoms with van der Waals surface area (Å²) in [6.07, 6.45) is 0.170. The first-order valence-electron chi connectivity index (χ1n) is 8.10. The summed E-state index contributed by atoms with van der Waals surface area (Å²) in [5.74, 6) is 0. The van der Waals surface area contributed by atoms with Gasteiger partial charge in [-0.05, 0) is 43.0 Å². The van der Waals surface area contributed by atoms with E-state index < -0.39 is 33.4 Å². The minimum atomic E-state index is -3.95. The average molecular weight is 377 g/mol. The summed E-state index contributed by atoms with van der Waals surface area (Å²) in [4.78, 5) is 0.222. The molecule has 1 heterocycles. The van der Waals surface area contributed by atoms with Crippen molar-refractivity contribution in [1.29, 1.82) is 0 Å². The molecular formula is C18H19NO4S2. The third-order valence-corrected chi connectivity index (χ3v) is 8.57. The molecule has 1 fully saturated rings. The Bertz CT molecular complexity index is 977. The van der Waals surface area contributed by atoms with E-state index in [1.807, 2.05) is 43.3 Å². The molecule has 132 valence electrons. The molecule has 0 amide bonds. The van der Waals surface area contributed by atoms with E-state index in [-0.39, 0.29) is 4.90 Å². The maximum absolute atomic E-state index is 13.4. The normalized spacial score (nSPS) is 25.8. The summed E-state index contributed by atoms with van der Waals surface area (Å²) in [6, 6.07) is 10.8. The van der Waals surface area contributed by atoms with Crippen molar-refractivity contribution in [2.45, 2.75) is 44.2 Å². The number of hydrogen-bond acceptors (Lipinski definition) is 4. The standard InChI is InChI=1S/C18H19NO4S2/c1-11-8-12(2)18(13(3)9-11)25(21,22)19-17-15-7-5-4-6-14(15)10-16(17)23-24(19)20/h4-9,16-17H,10H2,1-3H3. The molecule has 1 aliphatic carbocycles. The number of nitrogens with zero attached hydrogens (tertiary/aromatic N) is 1. The number of sulfonamides is 1. The van der Waals surface area contributed by atoms with Gasteiger partial charge in [0, 0.05) is 6.42 Å². The van der Waals surface area contributed by atoms with Crippen LogP contribution < -0.4 is 0 Å². The molecule has 0 radical (unpaired) electrons. The van der Waals surface area contributed by atoms with Crippen LogP contribution in [0, 0.1) is 20.8 Å². The Morgan fingerprint density at radius 1 is 1.12 bits per heavy atom. The Hall–Kier alpha value is -1.54. The van der Waals surface area contributed by atoms with Gasteiger partial charge in [0.2, 0.25) is 0 Å². The molecule has 2 aliphatic rings. The third-order valence-electron chi connectivity index (χ3n) is 4.83. The quantitative estimate of drug-likeness (QED) is 0.807. The second-order valence-corrected chi connectivity index (χ2v) is 9.69. The number of hydrogen-bond donors (Lipinski definition) is 0. The fraction of sp³-hybridized carbons (Fsp3) is 0.333. The van der Waals surface area contributed by atoms with Gasteiger partial charge in [-0.3, -0.25) is 4.18 Å². The summed E-state index contributed by atoms with van der Waals surface area (Å²) < 4.78 is 45.9. The van der Waals surface area contributed by atoms with E-state index in [0.717, 1.165) is 20.4 Å². The van der Waals surface area contributed by atoms with Gasteiger partial charge in [0.25, 0.3) is 21.3 Å². The van der Waals surface area contributed by atoms with Crippen molar-refractivity contribution < 1.29 is 16.8 Å². The van der Waals surface area contributed by atoms with Gasteiger partial charge >= 0.3 is 0 Å². The van der Waals surface area contributed by atoms with Crippen LogP contribution in [-0.4, -0.2) is 22.4 Å². The fourth-order valence-corrected chi connectivity index (χ4v) is 7.54. The van der Waals surface area contributed by atoms with E-state index in [0.29, 0.717) is 17.5 Å². The van der Waals surface area contributed by atoms with Crippen LogP contribution in [0.3, 0.4) is 0 Å². The number of rotatable bonds is 2. The lowest BCUT2D eigenvalue weighted by molar-refractivity contribution is 0.230. The Kier molecular flexibility index (Phi) is 3.88. The molecule has 0 spiro atoms. The van der Waals surface area contributed by atoms with E-state index >= 15 is 0 Å². The van der Waals surface area contributed by atoms with Crippen LogP contribution in [0.2, 0.25) is 0 Å². The molecule has 7 heteroatoms. The van der Waals surface area contributed by atoms with Crippen LogP contribution >= 0.6 is 0 Å². The summed E-state index contributed by atoms with van der Waals surface area (Å²) in [5.41, 5.74) is 4.24. The molecule has 0 N–H and O–H groups in total. The van der Waals surface area contributed by atoms with Crippen molar-refractivity contribution in [2.75, 3.05) is 0 Å². The monoisotopic (exact) mass is 377 g/mol. The van der Waals surface area contributed by atoms with Crippen molar-refractivity contribution in [1.82, 2.24) is 3.71 Å². The van der Waals surface area contributed by atoms with E-state index in [4.69, 9.17) is 4.18 Å². The van der Waals surface area contributed by atoms with Gasteiger partial charge < -0.3 is 0 Å². The van der Waals surface area contributed by atoms with Gasteiger partial charge in [0.1, 0.15) is 6.10 Å². The molecule has 0 saturated carbocycles. The van der Waals surface area contributed by atoms with Crippen molar-refractivity contribution in [3.8, 4) is 0 Å². The summed E-state index contributed by atoms with van der Waals surface area (Å²) in [5, 5.41) is 0. The molecule has 2 aromatic rings. The Morgan fingerprint density at radius 3 is 2.44 bits per heavy atom. The highest BCUT2D eigenvalue weighted by molar-refractivity contribution is 7.99. The second-order valence-electron chi connectivity index (χ2n) is 6.69. The number of fused-ring (bicyclic) bond motifs is 3. The minimum absolute atomic E-state index is 0.222. The number of aryl methyl sites for hydroxylation is 3. The van der Waals surface area contributed by atoms with Crippen molar-refractivity contribution in [3.63, 3.8) is 0 Å². The first-order chi connectivity index (χ1) is 11.8. The van der Waals surface area contributed by atoms with E-state index in [2.05, 4.69) is 0 Å². The zero-order valence-electron chi connectivity index (χ0n) is 14.2.